The molecule has 3 N–H and O–H groups in total. The van der Waals surface area contributed by atoms with E-state index in [1.54, 1.807) is 33.5 Å². The van der Waals surface area contributed by atoms with Gasteiger partial charge in [0.1, 0.15) is 17.3 Å². The second kappa shape index (κ2) is 47.0. The average molecular weight is 1350 g/mol. The van der Waals surface area contributed by atoms with Crippen LogP contribution in [-0.2, 0) is 70.5 Å². The predicted molar refractivity (Wildman–Crippen MR) is 377 cm³/mol. The van der Waals surface area contributed by atoms with Gasteiger partial charge in [0, 0.05) is 174 Å². The number of rotatable bonds is 37. The van der Waals surface area contributed by atoms with Crippen molar-refractivity contribution in [3.8, 4) is 11.3 Å². The van der Waals surface area contributed by atoms with Crippen LogP contribution in [0.1, 0.15) is 132 Å². The van der Waals surface area contributed by atoms with Crippen molar-refractivity contribution in [2.45, 2.75) is 116 Å². The number of anilines is 2. The Labute approximate surface area is 573 Å². The number of piperidine rings is 1. The summed E-state index contributed by atoms with van der Waals surface area (Å²) in [5.74, 6) is -0.107. The van der Waals surface area contributed by atoms with Crippen LogP contribution < -0.4 is 20.9 Å². The maximum Gasteiger partial charge on any atom is 0.416 e. The molecular formula is C76H103F3N8O10. The quantitative estimate of drug-likeness (QED) is 0.0245. The lowest BCUT2D eigenvalue weighted by atomic mass is 10.0. The topological polar surface area (TPSA) is 201 Å². The Hall–Kier alpha value is -8.02. The summed E-state index contributed by atoms with van der Waals surface area (Å²) < 4.78 is 59.0. The van der Waals surface area contributed by atoms with Gasteiger partial charge in [-0.25, -0.2) is 0 Å². The Morgan fingerprint density at radius 2 is 1.03 bits per heavy atom. The molecule has 21 heteroatoms. The predicted octanol–water partition coefficient (Wildman–Crippen LogP) is 12.5. The highest BCUT2D eigenvalue weighted by atomic mass is 19.4. The molecule has 1 fully saturated rings. The van der Waals surface area contributed by atoms with Gasteiger partial charge in [0.15, 0.2) is 0 Å². The second-order valence-electron chi connectivity index (χ2n) is 24.0. The maximum absolute atomic E-state index is 13.7. The van der Waals surface area contributed by atoms with E-state index in [9.17, 15) is 41.9 Å². The number of halogens is 3. The van der Waals surface area contributed by atoms with Gasteiger partial charge in [0.2, 0.25) is 0 Å². The molecule has 0 unspecified atom stereocenters. The minimum absolute atomic E-state index is 0.0893. The lowest BCUT2D eigenvalue weighted by molar-refractivity contribution is -0.141. The molecule has 7 rings (SSSR count). The summed E-state index contributed by atoms with van der Waals surface area (Å²) in [6.45, 7) is 8.89. The molecule has 97 heavy (non-hydrogen) atoms. The third-order valence-corrected chi connectivity index (χ3v) is 15.7. The molecule has 1 aliphatic heterocycles. The van der Waals surface area contributed by atoms with Gasteiger partial charge in [-0.1, -0.05) is 84.9 Å². The number of hydrogen-bond donors (Lipinski definition) is 3. The van der Waals surface area contributed by atoms with Crippen LogP contribution in [0, 0.1) is 0 Å². The number of ketones is 3. The molecule has 0 saturated carbocycles. The largest absolute Gasteiger partial charge is 0.469 e. The number of hydrogen-bond acceptors (Lipinski definition) is 16. The second-order valence-corrected chi connectivity index (χ2v) is 24.0. The number of esters is 1. The number of benzene rings is 5. The van der Waals surface area contributed by atoms with Crippen molar-refractivity contribution in [2.24, 2.45) is 0 Å². The first-order valence-electron chi connectivity index (χ1n) is 33.3. The summed E-state index contributed by atoms with van der Waals surface area (Å²) >= 11 is 0. The average Bonchev–Trinajstić information content (AvgIpc) is 0.821. The van der Waals surface area contributed by atoms with Gasteiger partial charge >= 0.3 is 12.1 Å². The number of carbonyl (C=O) groups is 6. The van der Waals surface area contributed by atoms with Crippen LogP contribution in [0.5, 0.6) is 0 Å². The van der Waals surface area contributed by atoms with E-state index in [1.807, 2.05) is 93.9 Å². The molecule has 6 aromatic rings. The van der Waals surface area contributed by atoms with Gasteiger partial charge in [-0.15, -0.1) is 0 Å². The van der Waals surface area contributed by atoms with Gasteiger partial charge in [0.25, 0.3) is 11.8 Å². The SMILES string of the molecule is CNCCC(=O)CCCOC.COC(=O)CCN(C)Cc1ccccc1.COCCCC(=O)CCN(C)Cc1cccc(C(=O)Nc2ccc(N3CCCCC3)cc2-c2cc(C(=O)NCc3cccc(C(F)(F)F)c3)ccn2)c1.COCCCC(=O)CCN(C)Cc1ccccc1. The number of ether oxygens (including phenoxy) is 4. The van der Waals surface area contributed by atoms with E-state index in [1.165, 1.54) is 49.1 Å². The van der Waals surface area contributed by atoms with E-state index >= 15 is 0 Å². The van der Waals surface area contributed by atoms with Crippen molar-refractivity contribution in [3.05, 3.63) is 185 Å². The lowest BCUT2D eigenvalue weighted by Gasteiger charge is -2.29. The molecule has 0 atom stereocenters. The molecule has 1 aliphatic rings. The summed E-state index contributed by atoms with van der Waals surface area (Å²) in [5.41, 5.74) is 6.31. The number of nitrogens with one attached hydrogen (secondary N) is 3. The molecule has 0 radical (unpaired) electrons. The normalized spacial score (nSPS) is 12.0. The van der Waals surface area contributed by atoms with Crippen LogP contribution >= 0.6 is 0 Å². The van der Waals surface area contributed by atoms with Crippen LogP contribution in [0.2, 0.25) is 0 Å². The van der Waals surface area contributed by atoms with E-state index in [2.05, 4.69) is 76.6 Å². The fraction of sp³-hybridized carbons (Fsp3) is 0.461. The standard InChI is InChI=1S/C41H46F3N5O4.C15H23NO2.C12H17NO2.C8H17NO2/c1-48(21-17-35(50)13-8-22-53-2)28-30-10-6-11-31(23-30)40(52)47-37-15-14-34(49-19-4-3-5-20-49)26-36(37)38-25-32(16-18-45-38)39(51)46-27-29-9-7-12-33(24-29)41(42,43)44;1-16(13-14-7-4-3-5-8-14)11-10-15(17)9-6-12-18-2;1-13(9-8-12(14)15-2)10-11-6-4-3-5-7-11;1-9-6-5-8(10)4-3-7-11-2/h6-7,9-12,14-16,18,23-26H,3-5,8,13,17,19-22,27-28H2,1-2H3,(H,46,51)(H,47,52);3-5,7-8H,6,9-13H2,1-2H3;3-7H,8-10H2,1-2H3;9H,3-7H2,1-2H3. The Morgan fingerprint density at radius 3 is 1.57 bits per heavy atom. The zero-order valence-electron chi connectivity index (χ0n) is 58.2. The summed E-state index contributed by atoms with van der Waals surface area (Å²) in [5, 5.41) is 8.70. The highest BCUT2D eigenvalue weighted by Crippen LogP contribution is 2.34. The first-order valence-corrected chi connectivity index (χ1v) is 33.3. The van der Waals surface area contributed by atoms with Gasteiger partial charge < -0.3 is 54.5 Å². The van der Waals surface area contributed by atoms with Crippen molar-refractivity contribution < 1.29 is 60.9 Å². The van der Waals surface area contributed by atoms with Crippen molar-refractivity contribution in [1.82, 2.24) is 30.3 Å². The minimum atomic E-state index is -4.48. The number of carbonyl (C=O) groups excluding carboxylic acids is 6. The minimum Gasteiger partial charge on any atom is -0.469 e. The van der Waals surface area contributed by atoms with Crippen molar-refractivity contribution in [1.29, 1.82) is 0 Å². The third kappa shape index (κ3) is 34.2. The Bertz CT molecular complexity index is 3260. The summed E-state index contributed by atoms with van der Waals surface area (Å²) in [6.07, 6.45) is 6.65. The van der Waals surface area contributed by atoms with Gasteiger partial charge in [0.05, 0.1) is 30.5 Å². The van der Waals surface area contributed by atoms with Gasteiger partial charge in [-0.2, -0.15) is 13.2 Å². The molecule has 0 spiro atoms. The van der Waals surface area contributed by atoms with Gasteiger partial charge in [-0.3, -0.25) is 33.8 Å². The van der Waals surface area contributed by atoms with E-state index in [0.717, 1.165) is 94.9 Å². The molecule has 1 aromatic heterocycles. The van der Waals surface area contributed by atoms with E-state index in [4.69, 9.17) is 14.2 Å². The molecule has 2 heterocycles. The molecule has 1 saturated heterocycles. The van der Waals surface area contributed by atoms with E-state index in [0.29, 0.717) is 124 Å². The van der Waals surface area contributed by atoms with E-state index in [-0.39, 0.29) is 29.8 Å². The Kier molecular flexibility index (Phi) is 39.5. The van der Waals surface area contributed by atoms with Crippen LogP contribution in [-0.4, -0.2) is 171 Å². The van der Waals surface area contributed by atoms with Crippen LogP contribution in [0.15, 0.2) is 146 Å². The van der Waals surface area contributed by atoms with Crippen LogP contribution in [0.3, 0.4) is 0 Å². The van der Waals surface area contributed by atoms with Crippen LogP contribution in [0.25, 0.3) is 11.3 Å². The summed E-state index contributed by atoms with van der Waals surface area (Å²) in [4.78, 5) is 85.8. The van der Waals surface area contributed by atoms with E-state index < -0.39 is 17.6 Å². The lowest BCUT2D eigenvalue weighted by Crippen LogP contribution is -2.29. The number of methoxy groups -OCH3 is 4. The van der Waals surface area contributed by atoms with Crippen molar-refractivity contribution in [2.75, 3.05) is 126 Å². The third-order valence-electron chi connectivity index (χ3n) is 15.7. The number of aromatic nitrogens is 1. The molecule has 5 aromatic carbocycles. The zero-order valence-corrected chi connectivity index (χ0v) is 58.2. The molecule has 0 bridgehead atoms. The highest BCUT2D eigenvalue weighted by Gasteiger charge is 2.30. The fourth-order valence-electron chi connectivity index (χ4n) is 10.3. The monoisotopic (exact) mass is 1340 g/mol. The molecule has 18 nitrogen and oxygen atoms in total. The van der Waals surface area contributed by atoms with Crippen LogP contribution in [0.4, 0.5) is 24.5 Å². The van der Waals surface area contributed by atoms with Crippen molar-refractivity contribution in [3.63, 3.8) is 0 Å². The first-order chi connectivity index (χ1) is 46.7. The smallest absolute Gasteiger partial charge is 0.416 e. The number of nitrogens with zero attached hydrogens (tertiary/aromatic N) is 5. The summed E-state index contributed by atoms with van der Waals surface area (Å²) in [6, 6.07) is 41.6. The van der Waals surface area contributed by atoms with Gasteiger partial charge in [-0.05, 0) is 144 Å². The maximum atomic E-state index is 13.7. The molecule has 528 valence electrons. The highest BCUT2D eigenvalue weighted by molar-refractivity contribution is 6.06. The Morgan fingerprint density at radius 1 is 0.526 bits per heavy atom. The summed E-state index contributed by atoms with van der Waals surface area (Å²) in [7, 11) is 14.2. The number of alkyl halides is 3. The molecule has 2 amide bonds. The Balaban J connectivity index is 0.000000365. The molecule has 0 aliphatic carbocycles. The fourth-order valence-corrected chi connectivity index (χ4v) is 10.3. The molecular weight excluding hydrogens is 1240 g/mol. The number of amides is 2. The number of Topliss-reactive ketones (excluding diaryl/α,β-unsaturated/α-hetero) is 3. The number of pyridine rings is 1. The van der Waals surface area contributed by atoms with Crippen molar-refractivity contribution >= 4 is 46.5 Å². The zero-order chi connectivity index (χ0) is 70.6. The first kappa shape index (κ1) is 81.4.